The van der Waals surface area contributed by atoms with Crippen LogP contribution in [0.2, 0.25) is 0 Å². The number of carbonyl (C=O) groups excluding carboxylic acids is 3. The first-order valence-electron chi connectivity index (χ1n) is 9.54. The SMILES string of the molecule is COc1cc2c(cc1OC)S(=O)(=O)N(CC(=O)c1ccc(N3CCCC3=O)cc1)C2=O. The number of rotatable bonds is 6. The minimum absolute atomic E-state index is 0.0245. The van der Waals surface area contributed by atoms with Gasteiger partial charge in [0.25, 0.3) is 15.9 Å². The minimum atomic E-state index is -4.21. The summed E-state index contributed by atoms with van der Waals surface area (Å²) in [6.07, 6.45) is 1.27. The number of fused-ring (bicyclic) bond motifs is 1. The van der Waals surface area contributed by atoms with Crippen molar-refractivity contribution in [3.05, 3.63) is 47.5 Å². The van der Waals surface area contributed by atoms with E-state index in [1.165, 1.54) is 38.5 Å². The van der Waals surface area contributed by atoms with Gasteiger partial charge in [-0.2, -0.15) is 0 Å². The third kappa shape index (κ3) is 3.42. The number of methoxy groups -OCH3 is 2. The summed E-state index contributed by atoms with van der Waals surface area (Å²) in [7, 11) is -1.48. The fourth-order valence-corrected chi connectivity index (χ4v) is 5.25. The summed E-state index contributed by atoms with van der Waals surface area (Å²) in [5.41, 5.74) is 0.841. The first kappa shape index (κ1) is 20.9. The molecule has 2 aliphatic heterocycles. The lowest BCUT2D eigenvalue weighted by molar-refractivity contribution is -0.117. The molecule has 0 aliphatic carbocycles. The van der Waals surface area contributed by atoms with E-state index in [2.05, 4.69) is 0 Å². The Kier molecular flexibility index (Phi) is 5.18. The molecule has 0 unspecified atom stereocenters. The molecule has 4 rings (SSSR count). The van der Waals surface area contributed by atoms with Crippen molar-refractivity contribution in [2.75, 3.05) is 32.2 Å². The summed E-state index contributed by atoms with van der Waals surface area (Å²) in [6, 6.07) is 8.84. The molecule has 0 radical (unpaired) electrons. The van der Waals surface area contributed by atoms with Crippen LogP contribution in [0.5, 0.6) is 11.5 Å². The van der Waals surface area contributed by atoms with E-state index in [0.29, 0.717) is 23.0 Å². The van der Waals surface area contributed by atoms with Gasteiger partial charge in [0, 0.05) is 30.3 Å². The molecule has 1 fully saturated rings. The van der Waals surface area contributed by atoms with Gasteiger partial charge in [-0.25, -0.2) is 12.7 Å². The Balaban J connectivity index is 1.58. The quantitative estimate of drug-likeness (QED) is 0.626. The second-order valence-electron chi connectivity index (χ2n) is 7.14. The average molecular weight is 444 g/mol. The van der Waals surface area contributed by atoms with E-state index in [-0.39, 0.29) is 33.4 Å². The molecular formula is C21H20N2O7S. The van der Waals surface area contributed by atoms with Gasteiger partial charge in [0.1, 0.15) is 11.4 Å². The molecule has 162 valence electrons. The van der Waals surface area contributed by atoms with Crippen molar-refractivity contribution >= 4 is 33.3 Å². The van der Waals surface area contributed by atoms with Gasteiger partial charge >= 0.3 is 0 Å². The number of sulfonamides is 1. The zero-order valence-corrected chi connectivity index (χ0v) is 17.8. The molecule has 0 saturated carbocycles. The lowest BCUT2D eigenvalue weighted by atomic mass is 10.1. The maximum Gasteiger partial charge on any atom is 0.269 e. The van der Waals surface area contributed by atoms with Crippen molar-refractivity contribution in [2.24, 2.45) is 0 Å². The zero-order valence-electron chi connectivity index (χ0n) is 17.0. The molecule has 2 aliphatic rings. The first-order valence-corrected chi connectivity index (χ1v) is 11.0. The lowest BCUT2D eigenvalue weighted by Crippen LogP contribution is -2.35. The van der Waals surface area contributed by atoms with Crippen molar-refractivity contribution in [1.29, 1.82) is 0 Å². The van der Waals surface area contributed by atoms with Gasteiger partial charge in [-0.05, 0) is 36.8 Å². The highest BCUT2D eigenvalue weighted by Gasteiger charge is 2.43. The number of hydrogen-bond acceptors (Lipinski definition) is 7. The number of ketones is 1. The summed E-state index contributed by atoms with van der Waals surface area (Å²) in [5, 5.41) is 0. The van der Waals surface area contributed by atoms with Gasteiger partial charge < -0.3 is 14.4 Å². The average Bonchev–Trinajstić information content (AvgIpc) is 3.27. The van der Waals surface area contributed by atoms with Gasteiger partial charge in [-0.1, -0.05) is 0 Å². The fourth-order valence-electron chi connectivity index (χ4n) is 3.73. The van der Waals surface area contributed by atoms with Crippen LogP contribution in [-0.4, -0.2) is 57.6 Å². The predicted octanol–water partition coefficient (Wildman–Crippen LogP) is 1.86. The van der Waals surface area contributed by atoms with Gasteiger partial charge in [0.2, 0.25) is 5.91 Å². The number of carbonyl (C=O) groups is 3. The highest BCUT2D eigenvalue weighted by Crippen LogP contribution is 2.38. The summed E-state index contributed by atoms with van der Waals surface area (Å²) >= 11 is 0. The van der Waals surface area contributed by atoms with Crippen LogP contribution >= 0.6 is 0 Å². The maximum absolute atomic E-state index is 12.9. The molecule has 31 heavy (non-hydrogen) atoms. The standard InChI is InChI=1S/C21H20N2O7S/c1-29-17-10-15-19(11-18(17)30-2)31(27,28)23(21(15)26)12-16(24)13-5-7-14(8-6-13)22-9-3-4-20(22)25/h5-8,10-11H,3-4,9,12H2,1-2H3. The van der Waals surface area contributed by atoms with Crippen LogP contribution in [0.15, 0.2) is 41.3 Å². The summed E-state index contributed by atoms with van der Waals surface area (Å²) in [6.45, 7) is -0.0136. The monoisotopic (exact) mass is 444 g/mol. The molecule has 0 aromatic heterocycles. The minimum Gasteiger partial charge on any atom is -0.493 e. The number of anilines is 1. The Hall–Kier alpha value is -3.40. The Morgan fingerprint density at radius 2 is 1.68 bits per heavy atom. The fraction of sp³-hybridized carbons (Fsp3) is 0.286. The molecule has 2 amide bonds. The topological polar surface area (TPSA) is 110 Å². The molecule has 0 atom stereocenters. The summed E-state index contributed by atoms with van der Waals surface area (Å²) in [5.74, 6) is -0.939. The first-order chi connectivity index (χ1) is 14.8. The largest absolute Gasteiger partial charge is 0.493 e. The Bertz CT molecular complexity index is 1190. The maximum atomic E-state index is 12.9. The number of nitrogens with zero attached hydrogens (tertiary/aromatic N) is 2. The van der Waals surface area contributed by atoms with Crippen molar-refractivity contribution in [3.63, 3.8) is 0 Å². The van der Waals surface area contributed by atoms with E-state index in [1.54, 1.807) is 17.0 Å². The van der Waals surface area contributed by atoms with Gasteiger partial charge in [-0.15, -0.1) is 0 Å². The van der Waals surface area contributed by atoms with Crippen LogP contribution in [0.3, 0.4) is 0 Å². The molecule has 2 aromatic carbocycles. The molecule has 0 bridgehead atoms. The summed E-state index contributed by atoms with van der Waals surface area (Å²) in [4.78, 5) is 38.8. The molecule has 10 heteroatoms. The van der Waals surface area contributed by atoms with Gasteiger partial charge in [0.05, 0.1) is 19.8 Å². The summed E-state index contributed by atoms with van der Waals surface area (Å²) < 4.78 is 36.6. The van der Waals surface area contributed by atoms with E-state index < -0.39 is 28.3 Å². The number of amides is 2. The van der Waals surface area contributed by atoms with Crippen molar-refractivity contribution in [2.45, 2.75) is 17.7 Å². The zero-order chi connectivity index (χ0) is 22.3. The van der Waals surface area contributed by atoms with Gasteiger partial charge in [-0.3, -0.25) is 14.4 Å². The lowest BCUT2D eigenvalue weighted by Gasteiger charge is -2.17. The molecule has 0 spiro atoms. The smallest absolute Gasteiger partial charge is 0.269 e. The van der Waals surface area contributed by atoms with E-state index in [9.17, 15) is 22.8 Å². The second-order valence-corrected chi connectivity index (χ2v) is 8.97. The van der Waals surface area contributed by atoms with Crippen LogP contribution in [0.1, 0.15) is 33.6 Å². The Labute approximate surface area is 179 Å². The predicted molar refractivity (Wildman–Crippen MR) is 110 cm³/mol. The Morgan fingerprint density at radius 1 is 1.03 bits per heavy atom. The number of Topliss-reactive ketones (excluding diaryl/α,β-unsaturated/α-hetero) is 1. The van der Waals surface area contributed by atoms with Crippen LogP contribution in [-0.2, 0) is 14.8 Å². The Morgan fingerprint density at radius 3 is 2.26 bits per heavy atom. The number of hydrogen-bond donors (Lipinski definition) is 0. The molecular weight excluding hydrogens is 424 g/mol. The van der Waals surface area contributed by atoms with E-state index in [4.69, 9.17) is 9.47 Å². The number of ether oxygens (including phenoxy) is 2. The van der Waals surface area contributed by atoms with Crippen molar-refractivity contribution in [1.82, 2.24) is 4.31 Å². The van der Waals surface area contributed by atoms with E-state index in [0.717, 1.165) is 6.42 Å². The molecule has 2 heterocycles. The molecule has 2 aromatic rings. The highest BCUT2D eigenvalue weighted by atomic mass is 32.2. The van der Waals surface area contributed by atoms with E-state index >= 15 is 0 Å². The normalized spacial score (nSPS) is 17.1. The second kappa shape index (κ2) is 7.69. The third-order valence-electron chi connectivity index (χ3n) is 5.37. The molecule has 9 nitrogen and oxygen atoms in total. The van der Waals surface area contributed by atoms with E-state index in [1.807, 2.05) is 0 Å². The van der Waals surface area contributed by atoms with Crippen molar-refractivity contribution < 1.29 is 32.3 Å². The number of benzene rings is 2. The van der Waals surface area contributed by atoms with Gasteiger partial charge in [0.15, 0.2) is 17.3 Å². The molecule has 1 saturated heterocycles. The van der Waals surface area contributed by atoms with Crippen LogP contribution in [0.25, 0.3) is 0 Å². The molecule has 0 N–H and O–H groups in total. The van der Waals surface area contributed by atoms with Crippen LogP contribution < -0.4 is 14.4 Å². The van der Waals surface area contributed by atoms with Crippen LogP contribution in [0, 0.1) is 0 Å². The van der Waals surface area contributed by atoms with Crippen molar-refractivity contribution in [3.8, 4) is 11.5 Å². The highest BCUT2D eigenvalue weighted by molar-refractivity contribution is 7.90. The van der Waals surface area contributed by atoms with Crippen LogP contribution in [0.4, 0.5) is 5.69 Å². The third-order valence-corrected chi connectivity index (χ3v) is 7.14.